The molecule has 0 radical (unpaired) electrons. The van der Waals surface area contributed by atoms with E-state index in [-0.39, 0.29) is 23.6 Å². The number of ether oxygens (including phenoxy) is 1. The molecule has 38 heavy (non-hydrogen) atoms. The third-order valence-corrected chi connectivity index (χ3v) is 7.66. The van der Waals surface area contributed by atoms with E-state index in [1.165, 1.54) is 4.90 Å². The molecule has 9 heteroatoms. The number of nitrogens with zero attached hydrogens (tertiary/aromatic N) is 3. The molecule has 2 saturated heterocycles. The van der Waals surface area contributed by atoms with Crippen molar-refractivity contribution in [3.05, 3.63) is 99.4 Å². The van der Waals surface area contributed by atoms with Crippen molar-refractivity contribution in [2.24, 2.45) is 0 Å². The molecule has 2 fully saturated rings. The Labute approximate surface area is 230 Å². The average molecular weight is 548 g/mol. The van der Waals surface area contributed by atoms with E-state index in [2.05, 4.69) is 4.90 Å². The van der Waals surface area contributed by atoms with Gasteiger partial charge in [-0.15, -0.1) is 0 Å². The number of carbonyl (C=O) groups is 3. The Morgan fingerprint density at radius 2 is 1.74 bits per heavy atom. The van der Waals surface area contributed by atoms with Crippen LogP contribution in [0, 0.1) is 0 Å². The lowest BCUT2D eigenvalue weighted by Crippen LogP contribution is -2.48. The minimum Gasteiger partial charge on any atom is -0.497 e. The van der Waals surface area contributed by atoms with Gasteiger partial charge in [0, 0.05) is 48.5 Å². The number of halogens is 1. The summed E-state index contributed by atoms with van der Waals surface area (Å²) in [7, 11) is 1.65. The number of hydrogen-bond donors (Lipinski definition) is 0. The number of methoxy groups -OCH3 is 1. The molecule has 194 valence electrons. The van der Waals surface area contributed by atoms with Crippen LogP contribution in [0.5, 0.6) is 5.75 Å². The first-order valence-corrected chi connectivity index (χ1v) is 13.4. The highest BCUT2D eigenvalue weighted by molar-refractivity contribution is 8.18. The second-order valence-electron chi connectivity index (χ2n) is 9.00. The number of hydrogen-bond acceptors (Lipinski definition) is 6. The van der Waals surface area contributed by atoms with Crippen LogP contribution < -0.4 is 9.64 Å². The zero-order valence-corrected chi connectivity index (χ0v) is 22.4. The first kappa shape index (κ1) is 25.9. The zero-order valence-electron chi connectivity index (χ0n) is 20.8. The fourth-order valence-corrected chi connectivity index (χ4v) is 5.58. The molecular weight excluding hydrogens is 522 g/mol. The summed E-state index contributed by atoms with van der Waals surface area (Å²) >= 11 is 6.94. The lowest BCUT2D eigenvalue weighted by Gasteiger charge is -2.36. The predicted molar refractivity (Wildman–Crippen MR) is 151 cm³/mol. The van der Waals surface area contributed by atoms with E-state index in [1.807, 2.05) is 41.3 Å². The minimum absolute atomic E-state index is 0.0559. The third kappa shape index (κ3) is 5.71. The molecule has 3 amide bonds. The van der Waals surface area contributed by atoms with E-state index < -0.39 is 0 Å². The Kier molecular flexibility index (Phi) is 7.72. The normalized spacial score (nSPS) is 16.9. The number of amides is 3. The fourth-order valence-electron chi connectivity index (χ4n) is 4.52. The van der Waals surface area contributed by atoms with Crippen molar-refractivity contribution in [2.45, 2.75) is 6.54 Å². The molecule has 0 N–H and O–H groups in total. The third-order valence-electron chi connectivity index (χ3n) is 6.52. The van der Waals surface area contributed by atoms with E-state index in [4.69, 9.17) is 16.3 Å². The number of imide groups is 1. The lowest BCUT2D eigenvalue weighted by atomic mass is 10.1. The maximum absolute atomic E-state index is 13.3. The van der Waals surface area contributed by atoms with Crippen molar-refractivity contribution in [3.8, 4) is 5.75 Å². The Bertz CT molecular complexity index is 1420. The largest absolute Gasteiger partial charge is 0.497 e. The highest BCUT2D eigenvalue weighted by Crippen LogP contribution is 2.33. The summed E-state index contributed by atoms with van der Waals surface area (Å²) in [6, 6.07) is 22.2. The maximum Gasteiger partial charge on any atom is 0.293 e. The molecule has 0 aliphatic carbocycles. The molecule has 3 aromatic rings. The van der Waals surface area contributed by atoms with Crippen molar-refractivity contribution >= 4 is 52.2 Å². The van der Waals surface area contributed by atoms with Gasteiger partial charge in [-0.1, -0.05) is 41.9 Å². The van der Waals surface area contributed by atoms with Crippen molar-refractivity contribution in [1.29, 1.82) is 0 Å². The van der Waals surface area contributed by atoms with Gasteiger partial charge in [0.1, 0.15) is 5.75 Å². The van der Waals surface area contributed by atoms with Crippen molar-refractivity contribution in [1.82, 2.24) is 9.80 Å². The molecule has 2 aliphatic heterocycles. The second kappa shape index (κ2) is 11.3. The van der Waals surface area contributed by atoms with Crippen LogP contribution in [0.15, 0.2) is 77.7 Å². The van der Waals surface area contributed by atoms with Crippen LogP contribution in [0.2, 0.25) is 5.02 Å². The molecule has 0 atom stereocenters. The average Bonchev–Trinajstić information content (AvgIpc) is 3.20. The van der Waals surface area contributed by atoms with E-state index in [0.717, 1.165) is 41.9 Å². The van der Waals surface area contributed by atoms with Crippen LogP contribution in [-0.4, -0.2) is 60.1 Å². The summed E-state index contributed by atoms with van der Waals surface area (Å²) in [6.45, 7) is 2.80. The maximum atomic E-state index is 13.3. The molecular formula is C29H26ClN3O4S. The number of thioether (sulfide) groups is 1. The molecule has 2 heterocycles. The first-order valence-electron chi connectivity index (χ1n) is 12.2. The summed E-state index contributed by atoms with van der Waals surface area (Å²) < 4.78 is 5.33. The SMILES string of the molecule is COc1cccc(N2CCN(C(=O)c3cccc(C=C4SC(=O)N(Cc5cccc(Cl)c5)C4=O)c3)CC2)c1. The molecule has 0 saturated carbocycles. The Morgan fingerprint density at radius 1 is 0.974 bits per heavy atom. The van der Waals surface area contributed by atoms with Gasteiger partial charge in [0.05, 0.1) is 18.6 Å². The van der Waals surface area contributed by atoms with E-state index in [0.29, 0.717) is 34.1 Å². The predicted octanol–water partition coefficient (Wildman–Crippen LogP) is 5.55. The molecule has 0 bridgehead atoms. The first-order chi connectivity index (χ1) is 18.4. The van der Waals surface area contributed by atoms with Gasteiger partial charge in [0.2, 0.25) is 0 Å². The van der Waals surface area contributed by atoms with E-state index >= 15 is 0 Å². The number of rotatable bonds is 6. The summed E-state index contributed by atoms with van der Waals surface area (Å²) in [5, 5.41) is 0.218. The van der Waals surface area contributed by atoms with Gasteiger partial charge in [0.25, 0.3) is 17.1 Å². The van der Waals surface area contributed by atoms with Crippen molar-refractivity contribution < 1.29 is 19.1 Å². The number of piperazine rings is 1. The van der Waals surface area contributed by atoms with Crippen LogP contribution in [0.1, 0.15) is 21.5 Å². The number of carbonyl (C=O) groups excluding carboxylic acids is 3. The van der Waals surface area contributed by atoms with Gasteiger partial charge in [-0.2, -0.15) is 0 Å². The Balaban J connectivity index is 1.24. The van der Waals surface area contributed by atoms with Gasteiger partial charge in [-0.3, -0.25) is 19.3 Å². The van der Waals surface area contributed by atoms with Crippen molar-refractivity contribution in [2.75, 3.05) is 38.2 Å². The zero-order chi connectivity index (χ0) is 26.6. The summed E-state index contributed by atoms with van der Waals surface area (Å²) in [4.78, 5) is 44.4. The highest BCUT2D eigenvalue weighted by atomic mass is 35.5. The number of anilines is 1. The van der Waals surface area contributed by atoms with Crippen LogP contribution in [0.4, 0.5) is 10.5 Å². The minimum atomic E-state index is -0.356. The van der Waals surface area contributed by atoms with Gasteiger partial charge < -0.3 is 14.5 Å². The van der Waals surface area contributed by atoms with Crippen LogP contribution >= 0.6 is 23.4 Å². The quantitative estimate of drug-likeness (QED) is 0.377. The monoisotopic (exact) mass is 547 g/mol. The Hall–Kier alpha value is -3.75. The highest BCUT2D eigenvalue weighted by Gasteiger charge is 2.35. The number of benzene rings is 3. The summed E-state index contributed by atoms with van der Waals surface area (Å²) in [5.41, 5.74) is 3.09. The Morgan fingerprint density at radius 3 is 2.50 bits per heavy atom. The summed E-state index contributed by atoms with van der Waals surface area (Å²) in [6.07, 6.45) is 1.67. The molecule has 7 nitrogen and oxygen atoms in total. The molecule has 0 spiro atoms. The van der Waals surface area contributed by atoms with Crippen LogP contribution in [0.3, 0.4) is 0 Å². The van der Waals surface area contributed by atoms with Gasteiger partial charge in [0.15, 0.2) is 0 Å². The van der Waals surface area contributed by atoms with E-state index in [1.54, 1.807) is 49.6 Å². The molecule has 0 aromatic heterocycles. The van der Waals surface area contributed by atoms with Gasteiger partial charge in [-0.05, 0) is 65.4 Å². The topological polar surface area (TPSA) is 70.2 Å². The van der Waals surface area contributed by atoms with E-state index in [9.17, 15) is 14.4 Å². The molecule has 0 unspecified atom stereocenters. The molecule has 2 aliphatic rings. The molecule has 5 rings (SSSR count). The van der Waals surface area contributed by atoms with Crippen LogP contribution in [0.25, 0.3) is 6.08 Å². The smallest absolute Gasteiger partial charge is 0.293 e. The standard InChI is InChI=1S/C29H26ClN3O4S/c1-37-25-10-4-9-24(18-25)31-11-13-32(14-12-31)27(34)22-7-2-5-20(15-22)17-26-28(35)33(29(36)38-26)19-21-6-3-8-23(30)16-21/h2-10,15-18H,11-14,19H2,1H3. The second-order valence-corrected chi connectivity index (χ2v) is 10.4. The van der Waals surface area contributed by atoms with Gasteiger partial charge in [-0.25, -0.2) is 0 Å². The van der Waals surface area contributed by atoms with Crippen molar-refractivity contribution in [3.63, 3.8) is 0 Å². The van der Waals surface area contributed by atoms with Gasteiger partial charge >= 0.3 is 0 Å². The fraction of sp³-hybridized carbons (Fsp3) is 0.207. The van der Waals surface area contributed by atoms with Crippen LogP contribution in [-0.2, 0) is 11.3 Å². The summed E-state index contributed by atoms with van der Waals surface area (Å²) in [5.74, 6) is 0.394. The lowest BCUT2D eigenvalue weighted by molar-refractivity contribution is -0.123. The molecule has 3 aromatic carbocycles.